The Morgan fingerprint density at radius 3 is 2.57 bits per heavy atom. The Morgan fingerprint density at radius 2 is 1.90 bits per heavy atom. The van der Waals surface area contributed by atoms with Crippen molar-refractivity contribution >= 4 is 35.5 Å². The van der Waals surface area contributed by atoms with E-state index in [1.54, 1.807) is 18.0 Å². The highest BCUT2D eigenvalue weighted by Crippen LogP contribution is 2.23. The lowest BCUT2D eigenvalue weighted by Crippen LogP contribution is -2.44. The third kappa shape index (κ3) is 4.78. The maximum atomic E-state index is 14.0. The molecule has 4 nitrogen and oxygen atoms in total. The van der Waals surface area contributed by atoms with Crippen LogP contribution < -0.4 is 15.8 Å². The molecule has 3 atom stereocenters. The minimum Gasteiger partial charge on any atom is -0.317 e. The summed E-state index contributed by atoms with van der Waals surface area (Å²) in [5, 5.41) is 3.65. The molecule has 2 unspecified atom stereocenters. The molecule has 1 N–H and O–H groups in total. The van der Waals surface area contributed by atoms with Crippen LogP contribution in [0.15, 0.2) is 30.6 Å². The molecule has 0 saturated carbocycles. The largest absolute Gasteiger partial charge is 0.322 e. The lowest BCUT2D eigenvalue weighted by Gasteiger charge is -2.31. The zero-order chi connectivity index (χ0) is 22.0. The summed E-state index contributed by atoms with van der Waals surface area (Å²) in [4.78, 5) is 18.8. The highest BCUT2D eigenvalue weighted by atomic mass is 35.5. The van der Waals surface area contributed by atoms with Gasteiger partial charge in [0.1, 0.15) is 5.82 Å². The Balaban J connectivity index is 1.96. The summed E-state index contributed by atoms with van der Waals surface area (Å²) < 4.78 is 41.2. The van der Waals surface area contributed by atoms with E-state index in [9.17, 15) is 18.0 Å². The van der Waals surface area contributed by atoms with Gasteiger partial charge in [0.2, 0.25) is 0 Å². The number of hydrogen-bond acceptors (Lipinski definition) is 2. The maximum absolute atomic E-state index is 14.0. The molecular formula is C22H23ClF3N3O. The Bertz CT molecular complexity index is 1060. The molecule has 1 heterocycles. The van der Waals surface area contributed by atoms with E-state index >= 15 is 0 Å². The van der Waals surface area contributed by atoms with Crippen molar-refractivity contribution in [1.82, 2.24) is 9.88 Å². The van der Waals surface area contributed by atoms with Crippen molar-refractivity contribution in [3.05, 3.63) is 57.4 Å². The van der Waals surface area contributed by atoms with Gasteiger partial charge >= 0.3 is 6.03 Å². The monoisotopic (exact) mass is 437 g/mol. The van der Waals surface area contributed by atoms with Gasteiger partial charge in [-0.15, -0.1) is 0 Å². The number of carbonyl (C=O) groups is 1. The summed E-state index contributed by atoms with van der Waals surface area (Å²) >= 11 is 5.80. The Hall–Kier alpha value is -2.54. The number of nitrogens with zero attached hydrogens (tertiary/aromatic N) is 2. The maximum Gasteiger partial charge on any atom is 0.322 e. The molecule has 0 spiro atoms. The number of amides is 2. The SMILES string of the molecule is CC(C)CN(C(=O)Nc1ccc(F)c(Cl)c1)[C@H](C)c1cncc2c1=CC(F)C(F)C=2. The van der Waals surface area contributed by atoms with Crippen LogP contribution in [0.2, 0.25) is 5.02 Å². The van der Waals surface area contributed by atoms with Crippen LogP contribution in [0.25, 0.3) is 12.2 Å². The molecule has 1 aromatic heterocycles. The van der Waals surface area contributed by atoms with Crippen molar-refractivity contribution in [2.75, 3.05) is 11.9 Å². The number of halogens is 4. The molecule has 0 saturated heterocycles. The predicted octanol–water partition coefficient (Wildman–Crippen LogP) is 4.38. The summed E-state index contributed by atoms with van der Waals surface area (Å²) in [7, 11) is 0. The van der Waals surface area contributed by atoms with Crippen LogP contribution >= 0.6 is 11.6 Å². The molecule has 2 amide bonds. The van der Waals surface area contributed by atoms with Crippen molar-refractivity contribution in [2.45, 2.75) is 39.2 Å². The molecule has 1 aliphatic carbocycles. The number of carbonyl (C=O) groups excluding carboxylic acids is 1. The fourth-order valence-electron chi connectivity index (χ4n) is 3.42. The first kappa shape index (κ1) is 22.2. The van der Waals surface area contributed by atoms with E-state index in [1.165, 1.54) is 36.5 Å². The van der Waals surface area contributed by atoms with Crippen molar-refractivity contribution < 1.29 is 18.0 Å². The molecule has 30 heavy (non-hydrogen) atoms. The Kier molecular flexibility index (Phi) is 6.71. The molecule has 2 aromatic rings. The minimum absolute atomic E-state index is 0.0995. The van der Waals surface area contributed by atoms with E-state index in [0.717, 1.165) is 0 Å². The average Bonchev–Trinajstić information content (AvgIpc) is 2.68. The molecule has 8 heteroatoms. The van der Waals surface area contributed by atoms with Gasteiger partial charge in [-0.2, -0.15) is 0 Å². The van der Waals surface area contributed by atoms with Crippen LogP contribution in [0.5, 0.6) is 0 Å². The van der Waals surface area contributed by atoms with Gasteiger partial charge in [0.15, 0.2) is 12.3 Å². The topological polar surface area (TPSA) is 45.2 Å². The molecule has 3 rings (SSSR count). The fraction of sp³-hybridized carbons (Fsp3) is 0.364. The number of aromatic nitrogens is 1. The van der Waals surface area contributed by atoms with Gasteiger partial charge in [-0.3, -0.25) is 4.98 Å². The molecule has 0 radical (unpaired) electrons. The zero-order valence-electron chi connectivity index (χ0n) is 16.9. The highest BCUT2D eigenvalue weighted by molar-refractivity contribution is 6.31. The van der Waals surface area contributed by atoms with Crippen LogP contribution in [0, 0.1) is 11.7 Å². The molecule has 0 bridgehead atoms. The van der Waals surface area contributed by atoms with Gasteiger partial charge < -0.3 is 10.2 Å². The second kappa shape index (κ2) is 9.08. The third-order valence-electron chi connectivity index (χ3n) is 4.93. The van der Waals surface area contributed by atoms with E-state index < -0.39 is 30.2 Å². The number of urea groups is 1. The number of rotatable bonds is 5. The second-order valence-electron chi connectivity index (χ2n) is 7.74. The lowest BCUT2D eigenvalue weighted by molar-refractivity contribution is 0.183. The van der Waals surface area contributed by atoms with Crippen LogP contribution in [-0.4, -0.2) is 34.8 Å². The number of hydrogen-bond donors (Lipinski definition) is 1. The predicted molar refractivity (Wildman–Crippen MR) is 113 cm³/mol. The number of fused-ring (bicyclic) bond motifs is 1. The molecule has 160 valence electrons. The Morgan fingerprint density at radius 1 is 1.20 bits per heavy atom. The number of alkyl halides is 2. The Labute approximate surface area is 178 Å². The lowest BCUT2D eigenvalue weighted by atomic mass is 9.99. The first-order valence-corrected chi connectivity index (χ1v) is 10.0. The second-order valence-corrected chi connectivity index (χ2v) is 8.14. The fourth-order valence-corrected chi connectivity index (χ4v) is 3.60. The van der Waals surface area contributed by atoms with Crippen molar-refractivity contribution in [1.29, 1.82) is 0 Å². The number of benzene rings is 1. The summed E-state index contributed by atoms with van der Waals surface area (Å²) in [6.07, 6.45) is 2.01. The van der Waals surface area contributed by atoms with Crippen molar-refractivity contribution in [3.63, 3.8) is 0 Å². The average molecular weight is 438 g/mol. The highest BCUT2D eigenvalue weighted by Gasteiger charge is 2.26. The summed E-state index contributed by atoms with van der Waals surface area (Å²) in [5.74, 6) is -0.440. The van der Waals surface area contributed by atoms with Crippen LogP contribution in [0.3, 0.4) is 0 Å². The number of anilines is 1. The smallest absolute Gasteiger partial charge is 0.317 e. The normalized spacial score (nSPS) is 18.8. The van der Waals surface area contributed by atoms with Gasteiger partial charge in [0.25, 0.3) is 0 Å². The number of nitrogens with one attached hydrogen (secondary N) is 1. The number of pyridine rings is 1. The summed E-state index contributed by atoms with van der Waals surface area (Å²) in [6, 6.07) is 3.03. The van der Waals surface area contributed by atoms with Gasteiger partial charge in [-0.25, -0.2) is 18.0 Å². The van der Waals surface area contributed by atoms with Crippen LogP contribution in [0.4, 0.5) is 23.7 Å². The molecule has 1 aromatic carbocycles. The minimum atomic E-state index is -1.75. The quantitative estimate of drug-likeness (QED) is 0.754. The van der Waals surface area contributed by atoms with Gasteiger partial charge in [-0.05, 0) is 53.6 Å². The van der Waals surface area contributed by atoms with E-state index in [2.05, 4.69) is 10.3 Å². The van der Waals surface area contributed by atoms with E-state index in [4.69, 9.17) is 11.6 Å². The zero-order valence-corrected chi connectivity index (χ0v) is 17.6. The molecule has 0 fully saturated rings. The van der Waals surface area contributed by atoms with Crippen molar-refractivity contribution in [2.24, 2.45) is 5.92 Å². The third-order valence-corrected chi connectivity index (χ3v) is 5.22. The molecule has 1 aliphatic rings. The first-order chi connectivity index (χ1) is 14.2. The first-order valence-electron chi connectivity index (χ1n) is 9.65. The molecular weight excluding hydrogens is 415 g/mol. The van der Waals surface area contributed by atoms with Crippen molar-refractivity contribution in [3.8, 4) is 0 Å². The summed E-state index contributed by atoms with van der Waals surface area (Å²) in [5.41, 5.74) is 0.968. The van der Waals surface area contributed by atoms with Gasteiger partial charge in [0, 0.05) is 30.2 Å². The van der Waals surface area contributed by atoms with E-state index in [0.29, 0.717) is 28.2 Å². The van der Waals surface area contributed by atoms with Gasteiger partial charge in [0.05, 0.1) is 11.1 Å². The summed E-state index contributed by atoms with van der Waals surface area (Å²) in [6.45, 7) is 6.14. The van der Waals surface area contributed by atoms with E-state index in [1.807, 2.05) is 13.8 Å². The van der Waals surface area contributed by atoms with Crippen LogP contribution in [-0.2, 0) is 0 Å². The van der Waals surface area contributed by atoms with E-state index in [-0.39, 0.29) is 10.9 Å². The standard InChI is InChI=1S/C22H23ClF3N3O/c1-12(2)11-29(22(30)28-15-4-5-19(24)18(23)7-15)13(3)17-10-27-9-14-6-20(25)21(26)8-16(14)17/h4-10,12-13,20-21H,11H2,1-3H3,(H,28,30)/t13-,20?,21?/m1/s1. The molecule has 0 aliphatic heterocycles. The van der Waals surface area contributed by atoms with Crippen LogP contribution in [0.1, 0.15) is 32.4 Å². The van der Waals surface area contributed by atoms with Gasteiger partial charge in [-0.1, -0.05) is 25.4 Å².